The van der Waals surface area contributed by atoms with Gasteiger partial charge in [-0.25, -0.2) is 8.78 Å². The van der Waals surface area contributed by atoms with Crippen molar-refractivity contribution in [3.63, 3.8) is 0 Å². The van der Waals surface area contributed by atoms with Gasteiger partial charge in [-0.3, -0.25) is 4.79 Å². The number of hydrogen-bond acceptors (Lipinski definition) is 1. The molecular weight excluding hydrogens is 334 g/mol. The molecular formula is C18H23ClF2N2O. The fourth-order valence-corrected chi connectivity index (χ4v) is 3.23. The number of nitrogens with one attached hydrogen (secondary N) is 2. The first-order valence-corrected chi connectivity index (χ1v) is 8.76. The summed E-state index contributed by atoms with van der Waals surface area (Å²) in [4.78, 5) is 15.3. The maximum absolute atomic E-state index is 13.1. The van der Waals surface area contributed by atoms with Crippen molar-refractivity contribution in [1.82, 2.24) is 10.3 Å². The van der Waals surface area contributed by atoms with Gasteiger partial charge in [-0.05, 0) is 30.9 Å². The van der Waals surface area contributed by atoms with Crippen molar-refractivity contribution < 1.29 is 13.6 Å². The number of H-pyrrole nitrogens is 1. The first-order chi connectivity index (χ1) is 11.5. The minimum absolute atomic E-state index is 0.0908. The number of hydrogen-bond donors (Lipinski definition) is 2. The van der Waals surface area contributed by atoms with Crippen molar-refractivity contribution in [2.45, 2.75) is 45.5 Å². The number of fused-ring (bicyclic) bond motifs is 1. The highest BCUT2D eigenvalue weighted by atomic mass is 35.5. The summed E-state index contributed by atoms with van der Waals surface area (Å²) in [6.07, 6.45) is 2.34. The Morgan fingerprint density at radius 2 is 2.00 bits per heavy atom. The fourth-order valence-electron chi connectivity index (χ4n) is 2.96. The predicted molar refractivity (Wildman–Crippen MR) is 93.9 cm³/mol. The Bertz CT molecular complexity index is 689. The first kappa shape index (κ1) is 18.7. The average Bonchev–Trinajstić information content (AvgIpc) is 3.01. The zero-order chi connectivity index (χ0) is 17.7. The average molecular weight is 357 g/mol. The molecule has 0 aliphatic heterocycles. The lowest BCUT2D eigenvalue weighted by molar-refractivity contribution is -0.0452. The highest BCUT2D eigenvalue weighted by Crippen LogP contribution is 2.35. The van der Waals surface area contributed by atoms with Gasteiger partial charge in [0.05, 0.1) is 10.6 Å². The zero-order valence-corrected chi connectivity index (χ0v) is 14.7. The summed E-state index contributed by atoms with van der Waals surface area (Å²) >= 11 is 6.14. The molecule has 0 unspecified atom stereocenters. The van der Waals surface area contributed by atoms with E-state index in [-0.39, 0.29) is 24.7 Å². The number of benzene rings is 1. The smallest absolute Gasteiger partial charge is 0.253 e. The SMILES string of the molecule is CC.O=C(NCC1CCC(F)(F)CC1)c1c[nH]c2cccc(Cl)c12. The molecule has 2 N–H and O–H groups in total. The monoisotopic (exact) mass is 356 g/mol. The van der Waals surface area contributed by atoms with Crippen LogP contribution in [0.25, 0.3) is 10.9 Å². The third kappa shape index (κ3) is 4.26. The third-order valence-corrected chi connectivity index (χ3v) is 4.60. The summed E-state index contributed by atoms with van der Waals surface area (Å²) in [6.45, 7) is 4.42. The number of carbonyl (C=O) groups excluding carboxylic acids is 1. The number of aromatic amines is 1. The van der Waals surface area contributed by atoms with Crippen LogP contribution in [0.2, 0.25) is 5.02 Å². The molecule has 1 aromatic heterocycles. The molecule has 0 saturated heterocycles. The summed E-state index contributed by atoms with van der Waals surface area (Å²) in [6, 6.07) is 5.39. The number of alkyl halides is 2. The minimum atomic E-state index is -2.54. The van der Waals surface area contributed by atoms with E-state index in [4.69, 9.17) is 11.6 Å². The van der Waals surface area contributed by atoms with Crippen molar-refractivity contribution in [2.75, 3.05) is 6.54 Å². The molecule has 0 radical (unpaired) electrons. The maximum Gasteiger partial charge on any atom is 0.253 e. The normalized spacial score (nSPS) is 17.2. The quantitative estimate of drug-likeness (QED) is 0.759. The Kier molecular flexibility index (Phi) is 6.21. The van der Waals surface area contributed by atoms with E-state index in [9.17, 15) is 13.6 Å². The molecule has 3 rings (SSSR count). The number of halogens is 3. The van der Waals surface area contributed by atoms with Gasteiger partial charge >= 0.3 is 0 Å². The van der Waals surface area contributed by atoms with Gasteiger partial charge in [0.2, 0.25) is 5.92 Å². The molecule has 3 nitrogen and oxygen atoms in total. The van der Waals surface area contributed by atoms with Crippen molar-refractivity contribution in [3.8, 4) is 0 Å². The van der Waals surface area contributed by atoms with E-state index in [1.54, 1.807) is 12.3 Å². The van der Waals surface area contributed by atoms with Crippen LogP contribution in [-0.2, 0) is 0 Å². The number of rotatable bonds is 3. The van der Waals surface area contributed by atoms with Gasteiger partial charge in [-0.1, -0.05) is 31.5 Å². The molecule has 132 valence electrons. The summed E-state index contributed by atoms with van der Waals surface area (Å²) in [5, 5.41) is 4.05. The Balaban J connectivity index is 0.00000100. The second-order valence-electron chi connectivity index (χ2n) is 5.87. The van der Waals surface area contributed by atoms with Crippen LogP contribution in [0.3, 0.4) is 0 Å². The molecule has 1 saturated carbocycles. The standard InChI is InChI=1S/C16H17ClF2N2O.C2H6/c17-12-2-1-3-13-14(12)11(9-20-13)15(22)21-8-10-4-6-16(18,19)7-5-10;1-2/h1-3,9-10,20H,4-8H2,(H,21,22);1-2H3. The van der Waals surface area contributed by atoms with Crippen molar-refractivity contribution in [1.29, 1.82) is 0 Å². The van der Waals surface area contributed by atoms with Crippen LogP contribution in [0.15, 0.2) is 24.4 Å². The van der Waals surface area contributed by atoms with Crippen LogP contribution in [0.5, 0.6) is 0 Å². The first-order valence-electron chi connectivity index (χ1n) is 8.38. The molecule has 1 amide bonds. The molecule has 2 aromatic rings. The van der Waals surface area contributed by atoms with Crippen molar-refractivity contribution >= 4 is 28.4 Å². The second kappa shape index (κ2) is 7.97. The molecule has 0 bridgehead atoms. The van der Waals surface area contributed by atoms with Gasteiger partial charge in [0.15, 0.2) is 0 Å². The van der Waals surface area contributed by atoms with E-state index in [1.807, 2.05) is 26.0 Å². The zero-order valence-electron chi connectivity index (χ0n) is 14.0. The van der Waals surface area contributed by atoms with Crippen molar-refractivity contribution in [2.24, 2.45) is 5.92 Å². The molecule has 1 heterocycles. The van der Waals surface area contributed by atoms with E-state index >= 15 is 0 Å². The molecule has 0 atom stereocenters. The lowest BCUT2D eigenvalue weighted by atomic mass is 9.87. The third-order valence-electron chi connectivity index (χ3n) is 4.29. The molecule has 1 aromatic carbocycles. The molecule has 1 aliphatic carbocycles. The Hall–Kier alpha value is -1.62. The van der Waals surface area contributed by atoms with E-state index in [0.29, 0.717) is 35.4 Å². The van der Waals surface area contributed by atoms with Crippen LogP contribution in [-0.4, -0.2) is 23.4 Å². The highest BCUT2D eigenvalue weighted by molar-refractivity contribution is 6.36. The molecule has 6 heteroatoms. The number of amides is 1. The van der Waals surface area contributed by atoms with Gasteiger partial charge in [0, 0.05) is 36.5 Å². The Labute approximate surface area is 145 Å². The fraction of sp³-hybridized carbons (Fsp3) is 0.500. The summed E-state index contributed by atoms with van der Waals surface area (Å²) in [7, 11) is 0. The van der Waals surface area contributed by atoms with E-state index in [0.717, 1.165) is 5.52 Å². The van der Waals surface area contributed by atoms with Crippen LogP contribution >= 0.6 is 11.6 Å². The predicted octanol–water partition coefficient (Wildman–Crippen LogP) is 5.40. The van der Waals surface area contributed by atoms with Crippen LogP contribution < -0.4 is 5.32 Å². The highest BCUT2D eigenvalue weighted by Gasteiger charge is 2.34. The minimum Gasteiger partial charge on any atom is -0.360 e. The van der Waals surface area contributed by atoms with Crippen LogP contribution in [0.4, 0.5) is 8.78 Å². The summed E-state index contributed by atoms with van der Waals surface area (Å²) < 4.78 is 26.2. The molecule has 24 heavy (non-hydrogen) atoms. The topological polar surface area (TPSA) is 44.9 Å². The Morgan fingerprint density at radius 1 is 1.33 bits per heavy atom. The maximum atomic E-state index is 13.1. The van der Waals surface area contributed by atoms with Crippen LogP contribution in [0, 0.1) is 5.92 Å². The van der Waals surface area contributed by atoms with Gasteiger partial charge < -0.3 is 10.3 Å². The number of aromatic nitrogens is 1. The lowest BCUT2D eigenvalue weighted by Crippen LogP contribution is -2.33. The largest absolute Gasteiger partial charge is 0.360 e. The second-order valence-corrected chi connectivity index (χ2v) is 6.28. The van der Waals surface area contributed by atoms with Crippen LogP contribution in [0.1, 0.15) is 49.9 Å². The molecule has 1 fully saturated rings. The van der Waals surface area contributed by atoms with E-state index in [1.165, 1.54) is 0 Å². The van der Waals surface area contributed by atoms with E-state index in [2.05, 4.69) is 10.3 Å². The lowest BCUT2D eigenvalue weighted by Gasteiger charge is -2.28. The Morgan fingerprint density at radius 3 is 2.67 bits per heavy atom. The van der Waals surface area contributed by atoms with Gasteiger partial charge in [0.25, 0.3) is 5.91 Å². The van der Waals surface area contributed by atoms with E-state index < -0.39 is 5.92 Å². The van der Waals surface area contributed by atoms with Gasteiger partial charge in [-0.2, -0.15) is 0 Å². The number of carbonyl (C=O) groups is 1. The molecule has 1 aliphatic rings. The van der Waals surface area contributed by atoms with Gasteiger partial charge in [0.1, 0.15) is 0 Å². The van der Waals surface area contributed by atoms with Crippen molar-refractivity contribution in [3.05, 3.63) is 35.0 Å². The molecule has 0 spiro atoms. The summed E-state index contributed by atoms with van der Waals surface area (Å²) in [5.74, 6) is -2.65. The van der Waals surface area contributed by atoms with Gasteiger partial charge in [-0.15, -0.1) is 0 Å². The summed E-state index contributed by atoms with van der Waals surface area (Å²) in [5.41, 5.74) is 1.29.